The highest BCUT2D eigenvalue weighted by Crippen LogP contribution is 2.40. The Hall–Kier alpha value is -2.44. The Labute approximate surface area is 151 Å². The number of nitrogens with one attached hydrogen (secondary N) is 1. The minimum Gasteiger partial charge on any atom is -0.354 e. The Balaban J connectivity index is 2.08. The van der Waals surface area contributed by atoms with Gasteiger partial charge in [-0.05, 0) is 18.1 Å². The topological polar surface area (TPSA) is 67.5 Å². The standard InChI is InChI=1S/C18H19ClN4O2/c1-12(2)11-20-18(24)23(10-4-9-21-23)17-13(3)25-22-16(17)14-5-7-15(19)8-6-14/h4-10,12H,11H2,1-3H3/p+1. The van der Waals surface area contributed by atoms with Gasteiger partial charge < -0.3 is 9.84 Å². The van der Waals surface area contributed by atoms with Crippen LogP contribution < -0.4 is 9.91 Å². The van der Waals surface area contributed by atoms with Crippen molar-refractivity contribution in [1.82, 2.24) is 15.1 Å². The Morgan fingerprint density at radius 2 is 2.04 bits per heavy atom. The van der Waals surface area contributed by atoms with Crippen LogP contribution in [0.4, 0.5) is 10.5 Å². The molecule has 1 aromatic carbocycles. The zero-order chi connectivity index (χ0) is 18.0. The van der Waals surface area contributed by atoms with Crippen LogP contribution in [0.1, 0.15) is 19.6 Å². The highest BCUT2D eigenvalue weighted by atomic mass is 35.5. The number of hydrogen-bond acceptors (Lipinski definition) is 4. The highest BCUT2D eigenvalue weighted by molar-refractivity contribution is 6.30. The summed E-state index contributed by atoms with van der Waals surface area (Å²) in [5, 5.41) is 12.2. The molecule has 1 N–H and O–H groups in total. The number of halogens is 1. The summed E-state index contributed by atoms with van der Waals surface area (Å²) in [5.41, 5.74) is 1.96. The van der Waals surface area contributed by atoms with Gasteiger partial charge in [-0.25, -0.2) is 4.79 Å². The molecule has 6 nitrogen and oxygen atoms in total. The quantitative estimate of drug-likeness (QED) is 0.818. The average Bonchev–Trinajstić information content (AvgIpc) is 3.21. The van der Waals surface area contributed by atoms with E-state index in [1.807, 2.05) is 26.0 Å². The maximum absolute atomic E-state index is 13.0. The van der Waals surface area contributed by atoms with Crippen molar-refractivity contribution in [1.29, 1.82) is 0 Å². The summed E-state index contributed by atoms with van der Waals surface area (Å²) >= 11 is 5.97. The van der Waals surface area contributed by atoms with Gasteiger partial charge in [0, 0.05) is 30.1 Å². The summed E-state index contributed by atoms with van der Waals surface area (Å²) in [4.78, 5) is 13.0. The highest BCUT2D eigenvalue weighted by Gasteiger charge is 2.46. The van der Waals surface area contributed by atoms with Crippen LogP contribution in [0.5, 0.6) is 0 Å². The summed E-state index contributed by atoms with van der Waals surface area (Å²) in [6.07, 6.45) is 5.06. The Morgan fingerprint density at radius 3 is 2.64 bits per heavy atom. The molecule has 3 rings (SSSR count). The van der Waals surface area contributed by atoms with Crippen LogP contribution in [0.25, 0.3) is 11.3 Å². The lowest BCUT2D eigenvalue weighted by atomic mass is 10.1. The molecule has 130 valence electrons. The third-order valence-electron chi connectivity index (χ3n) is 3.90. The molecule has 0 saturated heterocycles. The first kappa shape index (κ1) is 17.4. The van der Waals surface area contributed by atoms with Crippen molar-refractivity contribution in [2.75, 3.05) is 6.54 Å². The van der Waals surface area contributed by atoms with Crippen LogP contribution in [0, 0.1) is 12.8 Å². The number of rotatable bonds is 4. The molecule has 1 atom stereocenters. The van der Waals surface area contributed by atoms with E-state index in [1.54, 1.807) is 37.5 Å². The van der Waals surface area contributed by atoms with Crippen molar-refractivity contribution in [3.8, 4) is 11.3 Å². The van der Waals surface area contributed by atoms with Crippen LogP contribution in [0.15, 0.2) is 46.2 Å². The number of allylic oxidation sites excluding steroid dienone is 1. The molecule has 1 unspecified atom stereocenters. The van der Waals surface area contributed by atoms with Gasteiger partial charge in [-0.3, -0.25) is 0 Å². The summed E-state index contributed by atoms with van der Waals surface area (Å²) in [5.74, 6) is 0.868. The first-order valence-electron chi connectivity index (χ1n) is 8.07. The zero-order valence-corrected chi connectivity index (χ0v) is 15.1. The van der Waals surface area contributed by atoms with E-state index in [9.17, 15) is 4.79 Å². The number of hydrogen-bond donors (Lipinski definition) is 1. The van der Waals surface area contributed by atoms with Gasteiger partial charge in [0.15, 0.2) is 11.5 Å². The lowest BCUT2D eigenvalue weighted by Gasteiger charge is -2.23. The minimum atomic E-state index is -0.347. The van der Waals surface area contributed by atoms with Gasteiger partial charge in [0.1, 0.15) is 6.20 Å². The van der Waals surface area contributed by atoms with E-state index in [2.05, 4.69) is 15.6 Å². The fraction of sp³-hybridized carbons (Fsp3) is 0.278. The van der Waals surface area contributed by atoms with Crippen LogP contribution in [0.3, 0.4) is 0 Å². The van der Waals surface area contributed by atoms with E-state index in [1.165, 1.54) is 0 Å². The molecule has 2 aromatic rings. The number of amides is 2. The molecule has 0 aliphatic carbocycles. The smallest absolute Gasteiger partial charge is 0.354 e. The van der Waals surface area contributed by atoms with Crippen LogP contribution in [-0.2, 0) is 0 Å². The Kier molecular flexibility index (Phi) is 4.74. The van der Waals surface area contributed by atoms with Gasteiger partial charge in [0.05, 0.1) is 6.21 Å². The SMILES string of the molecule is Cc1onc(-c2ccc(Cl)cc2)c1[N+]1(C(=O)NCC(C)C)C=CC=N1. The van der Waals surface area contributed by atoms with Crippen molar-refractivity contribution in [2.24, 2.45) is 11.0 Å². The lowest BCUT2D eigenvalue weighted by molar-refractivity contribution is 0.216. The largest absolute Gasteiger partial charge is 0.453 e. The van der Waals surface area contributed by atoms with E-state index in [-0.39, 0.29) is 10.6 Å². The van der Waals surface area contributed by atoms with Gasteiger partial charge in [-0.15, -0.1) is 0 Å². The van der Waals surface area contributed by atoms with Crippen molar-refractivity contribution in [2.45, 2.75) is 20.8 Å². The number of benzene rings is 1. The van der Waals surface area contributed by atoms with E-state index in [0.717, 1.165) is 5.56 Å². The van der Waals surface area contributed by atoms with E-state index in [0.29, 0.717) is 34.6 Å². The molecular formula is C18H20ClN4O2+. The van der Waals surface area contributed by atoms with Crippen LogP contribution in [-0.4, -0.2) is 23.9 Å². The number of aryl methyl sites for hydroxylation is 1. The molecule has 0 spiro atoms. The molecule has 0 radical (unpaired) electrons. The summed E-state index contributed by atoms with van der Waals surface area (Å²) in [6.45, 7) is 6.41. The predicted octanol–water partition coefficient (Wildman–Crippen LogP) is 4.49. The van der Waals surface area contributed by atoms with Crippen LogP contribution in [0.2, 0.25) is 5.02 Å². The number of carbonyl (C=O) groups excluding carboxylic acids is 1. The van der Waals surface area contributed by atoms with Crippen molar-refractivity contribution < 1.29 is 9.32 Å². The third-order valence-corrected chi connectivity index (χ3v) is 4.15. The first-order chi connectivity index (χ1) is 11.9. The van der Waals surface area contributed by atoms with Gasteiger partial charge in [0.2, 0.25) is 5.69 Å². The maximum atomic E-state index is 13.0. The van der Waals surface area contributed by atoms with Crippen molar-refractivity contribution in [3.63, 3.8) is 0 Å². The first-order valence-corrected chi connectivity index (χ1v) is 8.45. The monoisotopic (exact) mass is 359 g/mol. The Bertz CT molecular complexity index is 825. The van der Waals surface area contributed by atoms with Gasteiger partial charge >= 0.3 is 6.03 Å². The minimum absolute atomic E-state index is 0.250. The predicted molar refractivity (Wildman–Crippen MR) is 99.3 cm³/mol. The molecule has 2 amide bonds. The average molecular weight is 360 g/mol. The molecule has 1 aromatic heterocycles. The number of carbonyl (C=O) groups is 1. The second-order valence-corrected chi connectivity index (χ2v) is 6.75. The van der Waals surface area contributed by atoms with Gasteiger partial charge in [-0.2, -0.15) is 0 Å². The fourth-order valence-corrected chi connectivity index (χ4v) is 2.80. The normalized spacial score (nSPS) is 18.9. The molecule has 25 heavy (non-hydrogen) atoms. The number of nitrogens with zero attached hydrogens (tertiary/aromatic N) is 3. The molecule has 0 fully saturated rings. The van der Waals surface area contributed by atoms with Gasteiger partial charge in [0.25, 0.3) is 0 Å². The van der Waals surface area contributed by atoms with Crippen molar-refractivity contribution in [3.05, 3.63) is 47.3 Å². The van der Waals surface area contributed by atoms with E-state index in [4.69, 9.17) is 16.1 Å². The summed E-state index contributed by atoms with van der Waals surface area (Å²) < 4.78 is 5.06. The molecule has 1 aliphatic heterocycles. The van der Waals surface area contributed by atoms with E-state index >= 15 is 0 Å². The molecule has 1 aliphatic rings. The Morgan fingerprint density at radius 1 is 1.32 bits per heavy atom. The number of aromatic nitrogens is 1. The number of quaternary nitrogens is 1. The lowest BCUT2D eigenvalue weighted by Crippen LogP contribution is -2.51. The maximum Gasteiger partial charge on any atom is 0.453 e. The van der Waals surface area contributed by atoms with E-state index < -0.39 is 0 Å². The molecule has 0 saturated carbocycles. The molecule has 2 heterocycles. The van der Waals surface area contributed by atoms with Crippen LogP contribution >= 0.6 is 11.6 Å². The van der Waals surface area contributed by atoms with Crippen molar-refractivity contribution >= 4 is 29.5 Å². The zero-order valence-electron chi connectivity index (χ0n) is 14.4. The summed E-state index contributed by atoms with van der Waals surface area (Å²) in [7, 11) is 0. The number of urea groups is 1. The molecular weight excluding hydrogens is 340 g/mol. The third kappa shape index (κ3) is 3.23. The van der Waals surface area contributed by atoms with Gasteiger partial charge in [-0.1, -0.05) is 52.4 Å². The second kappa shape index (κ2) is 6.82. The molecule has 7 heteroatoms. The molecule has 0 bridgehead atoms. The summed E-state index contributed by atoms with van der Waals surface area (Å²) in [6, 6.07) is 6.98. The fourth-order valence-electron chi connectivity index (χ4n) is 2.68. The second-order valence-electron chi connectivity index (χ2n) is 6.31.